The fraction of sp³-hybridized carbons (Fsp3) is 0.909. The van der Waals surface area contributed by atoms with Gasteiger partial charge in [-0.1, -0.05) is 13.8 Å². The van der Waals surface area contributed by atoms with Crippen LogP contribution in [0.5, 0.6) is 0 Å². The number of amides is 2. The van der Waals surface area contributed by atoms with Crippen molar-refractivity contribution in [1.29, 1.82) is 0 Å². The maximum absolute atomic E-state index is 11.7. The van der Waals surface area contributed by atoms with Gasteiger partial charge in [-0.15, -0.1) is 0 Å². The number of rotatable bonds is 4. The van der Waals surface area contributed by atoms with Crippen molar-refractivity contribution < 1.29 is 9.53 Å². The fourth-order valence-corrected chi connectivity index (χ4v) is 1.57. The Morgan fingerprint density at radius 1 is 1.47 bits per heavy atom. The first-order chi connectivity index (χ1) is 7.09. The van der Waals surface area contributed by atoms with Crippen LogP contribution in [0.25, 0.3) is 0 Å². The molecule has 0 aromatic carbocycles. The van der Waals surface area contributed by atoms with Gasteiger partial charge in [0.1, 0.15) is 0 Å². The number of urea groups is 1. The molecule has 1 aliphatic rings. The Bertz CT molecular complexity index is 209. The third kappa shape index (κ3) is 3.70. The molecule has 0 spiro atoms. The van der Waals surface area contributed by atoms with E-state index in [-0.39, 0.29) is 17.6 Å². The van der Waals surface area contributed by atoms with Crippen molar-refractivity contribution >= 4 is 6.03 Å². The van der Waals surface area contributed by atoms with Gasteiger partial charge in [0, 0.05) is 12.1 Å². The molecule has 88 valence electrons. The van der Waals surface area contributed by atoms with Crippen molar-refractivity contribution in [2.75, 3.05) is 13.2 Å². The highest BCUT2D eigenvalue weighted by atomic mass is 16.5. The van der Waals surface area contributed by atoms with Crippen LogP contribution in [-0.2, 0) is 4.74 Å². The summed E-state index contributed by atoms with van der Waals surface area (Å²) in [7, 11) is 0. The first-order valence-electron chi connectivity index (χ1n) is 5.76. The molecule has 1 atom stereocenters. The Hall–Kier alpha value is -0.770. The molecule has 0 aromatic heterocycles. The maximum atomic E-state index is 11.7. The van der Waals surface area contributed by atoms with Crippen LogP contribution < -0.4 is 10.6 Å². The van der Waals surface area contributed by atoms with Crippen LogP contribution in [-0.4, -0.2) is 30.8 Å². The Labute approximate surface area is 91.8 Å². The second kappa shape index (κ2) is 5.35. The van der Waals surface area contributed by atoms with E-state index in [0.29, 0.717) is 6.61 Å². The molecule has 1 rings (SSSR count). The van der Waals surface area contributed by atoms with Crippen molar-refractivity contribution in [3.8, 4) is 0 Å². The first-order valence-corrected chi connectivity index (χ1v) is 5.76. The van der Waals surface area contributed by atoms with Crippen LogP contribution in [0.3, 0.4) is 0 Å². The maximum Gasteiger partial charge on any atom is 0.315 e. The quantitative estimate of drug-likeness (QED) is 0.747. The van der Waals surface area contributed by atoms with Crippen molar-refractivity contribution in [3.63, 3.8) is 0 Å². The summed E-state index contributed by atoms with van der Waals surface area (Å²) in [5.41, 5.74) is -0.0937. The van der Waals surface area contributed by atoms with Crippen LogP contribution in [0.2, 0.25) is 0 Å². The van der Waals surface area contributed by atoms with Crippen molar-refractivity contribution in [3.05, 3.63) is 0 Å². The van der Waals surface area contributed by atoms with E-state index in [1.807, 2.05) is 0 Å². The lowest BCUT2D eigenvalue weighted by Crippen LogP contribution is -2.52. The minimum Gasteiger partial charge on any atom is -0.379 e. The molecule has 15 heavy (non-hydrogen) atoms. The van der Waals surface area contributed by atoms with Gasteiger partial charge in [0.15, 0.2) is 0 Å². The zero-order chi connectivity index (χ0) is 11.3. The molecule has 0 aromatic rings. The van der Waals surface area contributed by atoms with Crippen LogP contribution in [0.1, 0.15) is 40.0 Å². The minimum atomic E-state index is -0.0937. The molecule has 1 aliphatic heterocycles. The summed E-state index contributed by atoms with van der Waals surface area (Å²) >= 11 is 0. The van der Waals surface area contributed by atoms with Gasteiger partial charge in [0.2, 0.25) is 0 Å². The van der Waals surface area contributed by atoms with Crippen LogP contribution >= 0.6 is 0 Å². The molecule has 0 bridgehead atoms. The minimum absolute atomic E-state index is 0.0725. The van der Waals surface area contributed by atoms with E-state index in [1.165, 1.54) is 0 Å². The highest BCUT2D eigenvalue weighted by Gasteiger charge is 2.24. The summed E-state index contributed by atoms with van der Waals surface area (Å²) in [6, 6.07) is 0.111. The Morgan fingerprint density at radius 3 is 2.60 bits per heavy atom. The van der Waals surface area contributed by atoms with E-state index >= 15 is 0 Å². The molecule has 1 unspecified atom stereocenters. The van der Waals surface area contributed by atoms with E-state index < -0.39 is 0 Å². The number of hydrogen-bond donors (Lipinski definition) is 2. The molecular weight excluding hydrogens is 192 g/mol. The fourth-order valence-electron chi connectivity index (χ4n) is 1.57. The van der Waals surface area contributed by atoms with Gasteiger partial charge in [-0.25, -0.2) is 4.79 Å². The molecule has 0 aliphatic carbocycles. The molecule has 4 heteroatoms. The molecule has 0 saturated carbocycles. The zero-order valence-corrected chi connectivity index (χ0v) is 9.93. The summed E-state index contributed by atoms with van der Waals surface area (Å²) in [6.07, 6.45) is 2.80. The van der Waals surface area contributed by atoms with Gasteiger partial charge < -0.3 is 15.4 Å². The first kappa shape index (κ1) is 12.3. The molecule has 0 radical (unpaired) electrons. The van der Waals surface area contributed by atoms with E-state index in [4.69, 9.17) is 4.74 Å². The van der Waals surface area contributed by atoms with Crippen molar-refractivity contribution in [1.82, 2.24) is 10.6 Å². The third-order valence-corrected chi connectivity index (χ3v) is 3.24. The lowest BCUT2D eigenvalue weighted by atomic mass is 9.96. The molecular formula is C11H22N2O2. The van der Waals surface area contributed by atoms with E-state index in [1.54, 1.807) is 0 Å². The average Bonchev–Trinajstić information content (AvgIpc) is 2.70. The summed E-state index contributed by atoms with van der Waals surface area (Å²) in [4.78, 5) is 11.7. The van der Waals surface area contributed by atoms with Crippen molar-refractivity contribution in [2.45, 2.75) is 51.6 Å². The normalized spacial score (nSPS) is 21.4. The SMILES string of the molecule is CCC(C)(CC)NC(=O)NC1CCOC1. The Balaban J connectivity index is 2.33. The second-order valence-corrected chi connectivity index (χ2v) is 4.43. The lowest BCUT2D eigenvalue weighted by Gasteiger charge is -2.28. The zero-order valence-electron chi connectivity index (χ0n) is 9.93. The Kier molecular flexibility index (Phi) is 4.39. The van der Waals surface area contributed by atoms with Gasteiger partial charge in [0.25, 0.3) is 0 Å². The van der Waals surface area contributed by atoms with Gasteiger partial charge in [0.05, 0.1) is 12.6 Å². The van der Waals surface area contributed by atoms with Gasteiger partial charge in [-0.3, -0.25) is 0 Å². The molecule has 1 heterocycles. The Morgan fingerprint density at radius 2 is 2.13 bits per heavy atom. The molecule has 2 amide bonds. The van der Waals surface area contributed by atoms with E-state index in [0.717, 1.165) is 25.9 Å². The third-order valence-electron chi connectivity index (χ3n) is 3.24. The van der Waals surface area contributed by atoms with Gasteiger partial charge >= 0.3 is 6.03 Å². The van der Waals surface area contributed by atoms with Crippen LogP contribution in [0.4, 0.5) is 4.79 Å². The molecule has 2 N–H and O–H groups in total. The monoisotopic (exact) mass is 214 g/mol. The van der Waals surface area contributed by atoms with Crippen molar-refractivity contribution in [2.24, 2.45) is 0 Å². The highest BCUT2D eigenvalue weighted by Crippen LogP contribution is 2.13. The lowest BCUT2D eigenvalue weighted by molar-refractivity contribution is 0.186. The smallest absolute Gasteiger partial charge is 0.315 e. The summed E-state index contributed by atoms with van der Waals surface area (Å²) in [5, 5.41) is 5.94. The largest absolute Gasteiger partial charge is 0.379 e. The number of carbonyl (C=O) groups excluding carboxylic acids is 1. The predicted molar refractivity (Wildman–Crippen MR) is 59.9 cm³/mol. The molecule has 1 fully saturated rings. The second-order valence-electron chi connectivity index (χ2n) is 4.43. The molecule has 1 saturated heterocycles. The van der Waals surface area contributed by atoms with Crippen LogP contribution in [0, 0.1) is 0 Å². The predicted octanol–water partition coefficient (Wildman–Crippen LogP) is 1.65. The number of carbonyl (C=O) groups is 1. The summed E-state index contributed by atoms with van der Waals surface area (Å²) in [6.45, 7) is 7.63. The average molecular weight is 214 g/mol. The van der Waals surface area contributed by atoms with Gasteiger partial charge in [-0.05, 0) is 26.2 Å². The highest BCUT2D eigenvalue weighted by molar-refractivity contribution is 5.75. The molecule has 4 nitrogen and oxygen atoms in total. The van der Waals surface area contributed by atoms with E-state index in [9.17, 15) is 4.79 Å². The number of nitrogens with one attached hydrogen (secondary N) is 2. The van der Waals surface area contributed by atoms with E-state index in [2.05, 4.69) is 31.4 Å². The van der Waals surface area contributed by atoms with Crippen LogP contribution in [0.15, 0.2) is 0 Å². The summed E-state index contributed by atoms with van der Waals surface area (Å²) < 4.78 is 5.20. The number of ether oxygens (including phenoxy) is 1. The topological polar surface area (TPSA) is 50.4 Å². The summed E-state index contributed by atoms with van der Waals surface area (Å²) in [5.74, 6) is 0. The number of hydrogen-bond acceptors (Lipinski definition) is 2. The standard InChI is InChI=1S/C11H22N2O2/c1-4-11(3,5-2)13-10(14)12-9-6-7-15-8-9/h9H,4-8H2,1-3H3,(H2,12,13,14). The van der Waals surface area contributed by atoms with Gasteiger partial charge in [-0.2, -0.15) is 0 Å².